The maximum absolute atomic E-state index is 12.6. The third kappa shape index (κ3) is 7.10. The highest BCUT2D eigenvalue weighted by Crippen LogP contribution is 2.41. The number of hydrogen-bond donors (Lipinski definition) is 1. The number of ether oxygens (including phenoxy) is 1. The highest BCUT2D eigenvalue weighted by atomic mass is 16.5. The average molecular weight is 598 g/mol. The van der Waals surface area contributed by atoms with Crippen LogP contribution in [0.2, 0.25) is 0 Å². The van der Waals surface area contributed by atoms with E-state index in [-0.39, 0.29) is 28.7 Å². The van der Waals surface area contributed by atoms with E-state index < -0.39 is 0 Å². The Kier molecular flexibility index (Phi) is 10.7. The van der Waals surface area contributed by atoms with Gasteiger partial charge in [-0.05, 0) is 110 Å². The summed E-state index contributed by atoms with van der Waals surface area (Å²) in [6.45, 7) is 16.2. The van der Waals surface area contributed by atoms with Crippen LogP contribution in [-0.2, 0) is 11.8 Å². The second kappa shape index (κ2) is 14.1. The van der Waals surface area contributed by atoms with Gasteiger partial charge in [0.25, 0.3) is 11.8 Å². The Labute approximate surface area is 264 Å². The lowest BCUT2D eigenvalue weighted by Gasteiger charge is -2.34. The number of fused-ring (bicyclic) bond motifs is 1. The molecule has 5 heteroatoms. The molecule has 3 aromatic rings. The molecule has 0 bridgehead atoms. The molecule has 2 amide bonds. The monoisotopic (exact) mass is 597 g/mol. The predicted molar refractivity (Wildman–Crippen MR) is 179 cm³/mol. The van der Waals surface area contributed by atoms with Crippen molar-refractivity contribution < 1.29 is 19.4 Å². The molecule has 0 aliphatic carbocycles. The molecule has 0 fully saturated rings. The molecule has 1 aliphatic heterocycles. The number of amides is 2. The Morgan fingerprint density at radius 2 is 1.39 bits per heavy atom. The molecule has 0 radical (unpaired) electrons. The molecule has 44 heavy (non-hydrogen) atoms. The van der Waals surface area contributed by atoms with Crippen LogP contribution >= 0.6 is 0 Å². The van der Waals surface area contributed by atoms with Gasteiger partial charge in [0.15, 0.2) is 0 Å². The zero-order valence-corrected chi connectivity index (χ0v) is 27.8. The first-order chi connectivity index (χ1) is 20.9. The van der Waals surface area contributed by atoms with Crippen molar-refractivity contribution in [2.75, 3.05) is 13.2 Å². The van der Waals surface area contributed by atoms with E-state index in [4.69, 9.17) is 4.74 Å². The fourth-order valence-electron chi connectivity index (χ4n) is 6.51. The summed E-state index contributed by atoms with van der Waals surface area (Å²) in [5.74, 6) is 0.531. The minimum Gasteiger partial charge on any atom is -0.493 e. The number of nitrogens with zero attached hydrogens (tertiary/aromatic N) is 1. The van der Waals surface area contributed by atoms with E-state index in [0.717, 1.165) is 56.3 Å². The first-order valence-corrected chi connectivity index (χ1v) is 16.4. The Hall–Kier alpha value is -3.44. The molecule has 0 saturated heterocycles. The quantitative estimate of drug-likeness (QED) is 0.149. The number of unbranched alkanes of at least 4 members (excludes halogenated alkanes) is 2. The first-order valence-electron chi connectivity index (χ1n) is 16.4. The molecule has 1 heterocycles. The summed E-state index contributed by atoms with van der Waals surface area (Å²) < 4.78 is 6.18. The number of carbonyl (C=O) groups excluding carboxylic acids is 2. The molecule has 0 aromatic heterocycles. The molecule has 0 spiro atoms. The van der Waals surface area contributed by atoms with E-state index >= 15 is 0 Å². The minimum atomic E-state index is -0.319. The molecule has 5 nitrogen and oxygen atoms in total. The number of benzene rings is 3. The van der Waals surface area contributed by atoms with Crippen molar-refractivity contribution in [2.24, 2.45) is 5.41 Å². The molecule has 3 aromatic carbocycles. The zero-order valence-electron chi connectivity index (χ0n) is 27.8. The van der Waals surface area contributed by atoms with Gasteiger partial charge in [0, 0.05) is 12.0 Å². The molecule has 1 atom stereocenters. The summed E-state index contributed by atoms with van der Waals surface area (Å²) in [5, 5.41) is 10.5. The number of hydrogen-bond acceptors (Lipinski definition) is 4. The summed E-state index contributed by atoms with van der Waals surface area (Å²) in [5.41, 5.74) is 7.20. The third-order valence-corrected chi connectivity index (χ3v) is 9.68. The van der Waals surface area contributed by atoms with Crippen molar-refractivity contribution in [1.29, 1.82) is 0 Å². The van der Waals surface area contributed by atoms with Gasteiger partial charge in [0.1, 0.15) is 5.75 Å². The first kappa shape index (κ1) is 33.5. The minimum absolute atomic E-state index is 0.0817. The standard InChI is InChI=1S/C39H51NO4/c1-8-39(9-2,30-19-17-29(27(3)25-30)18-22-35(41)38(5,6)7)31-20-21-34(28(4)26-31)44-24-14-10-13-23-40-36(42)32-15-11-12-16-33(32)37(40)43/h11-12,15-17,19-21,25-26,35,41H,8-10,13-14,18,22-24H2,1-7H3. The molecule has 236 valence electrons. The van der Waals surface area contributed by atoms with Gasteiger partial charge in [-0.2, -0.15) is 0 Å². The van der Waals surface area contributed by atoms with Crippen molar-refractivity contribution in [3.63, 3.8) is 0 Å². The van der Waals surface area contributed by atoms with Crippen molar-refractivity contribution in [2.45, 2.75) is 105 Å². The summed E-state index contributed by atoms with van der Waals surface area (Å²) in [6.07, 6.45) is 5.82. The van der Waals surface area contributed by atoms with Crippen molar-refractivity contribution in [3.05, 3.63) is 99.6 Å². The van der Waals surface area contributed by atoms with E-state index in [2.05, 4.69) is 84.9 Å². The van der Waals surface area contributed by atoms with Crippen LogP contribution in [0.1, 0.15) is 122 Å². The van der Waals surface area contributed by atoms with Crippen LogP contribution in [0, 0.1) is 19.3 Å². The van der Waals surface area contributed by atoms with Crippen LogP contribution in [-0.4, -0.2) is 41.1 Å². The number of aryl methyl sites for hydroxylation is 3. The Bertz CT molecular complexity index is 1430. The van der Waals surface area contributed by atoms with Gasteiger partial charge in [-0.15, -0.1) is 0 Å². The van der Waals surface area contributed by atoms with Crippen LogP contribution < -0.4 is 4.74 Å². The lowest BCUT2D eigenvalue weighted by molar-refractivity contribution is 0.0559. The molecule has 0 saturated carbocycles. The number of imide groups is 1. The van der Waals surface area contributed by atoms with Gasteiger partial charge < -0.3 is 9.84 Å². The summed E-state index contributed by atoms with van der Waals surface area (Å²) in [7, 11) is 0. The fourth-order valence-corrected chi connectivity index (χ4v) is 6.51. The number of rotatable bonds is 14. The number of carbonyl (C=O) groups is 2. The van der Waals surface area contributed by atoms with E-state index in [0.29, 0.717) is 24.3 Å². The Morgan fingerprint density at radius 1 is 0.795 bits per heavy atom. The number of aliphatic hydroxyl groups excluding tert-OH is 1. The predicted octanol–water partition coefficient (Wildman–Crippen LogP) is 8.59. The Balaban J connectivity index is 1.33. The normalized spacial score (nSPS) is 14.2. The lowest BCUT2D eigenvalue weighted by Crippen LogP contribution is -2.30. The van der Waals surface area contributed by atoms with Crippen LogP contribution in [0.25, 0.3) is 0 Å². The second-order valence-corrected chi connectivity index (χ2v) is 13.5. The average Bonchev–Trinajstić information content (AvgIpc) is 3.24. The largest absolute Gasteiger partial charge is 0.493 e. The van der Waals surface area contributed by atoms with E-state index in [9.17, 15) is 14.7 Å². The SMILES string of the molecule is CCC(CC)(c1ccc(CCC(O)C(C)(C)C)c(C)c1)c1ccc(OCCCCCN2C(=O)c3ccccc3C2=O)c(C)c1. The van der Waals surface area contributed by atoms with Gasteiger partial charge in [0.05, 0.1) is 23.8 Å². The molecule has 1 N–H and O–H groups in total. The van der Waals surface area contributed by atoms with Gasteiger partial charge >= 0.3 is 0 Å². The fraction of sp³-hybridized carbons (Fsp3) is 0.487. The molecule has 4 rings (SSSR count). The van der Waals surface area contributed by atoms with Crippen molar-refractivity contribution in [1.82, 2.24) is 4.90 Å². The smallest absolute Gasteiger partial charge is 0.261 e. The highest BCUT2D eigenvalue weighted by Gasteiger charge is 2.34. The summed E-state index contributed by atoms with van der Waals surface area (Å²) in [4.78, 5) is 26.5. The van der Waals surface area contributed by atoms with Gasteiger partial charge in [-0.3, -0.25) is 14.5 Å². The van der Waals surface area contributed by atoms with Crippen LogP contribution in [0.15, 0.2) is 60.7 Å². The summed E-state index contributed by atoms with van der Waals surface area (Å²) in [6, 6.07) is 20.6. The molecular weight excluding hydrogens is 546 g/mol. The van der Waals surface area contributed by atoms with Crippen LogP contribution in [0.3, 0.4) is 0 Å². The highest BCUT2D eigenvalue weighted by molar-refractivity contribution is 6.21. The number of aliphatic hydroxyl groups is 1. The van der Waals surface area contributed by atoms with Crippen molar-refractivity contribution in [3.8, 4) is 5.75 Å². The second-order valence-electron chi connectivity index (χ2n) is 13.5. The van der Waals surface area contributed by atoms with Gasteiger partial charge in [-0.1, -0.05) is 77.1 Å². The molecule has 1 aliphatic rings. The topological polar surface area (TPSA) is 66.8 Å². The van der Waals surface area contributed by atoms with Gasteiger partial charge in [0.2, 0.25) is 0 Å². The summed E-state index contributed by atoms with van der Waals surface area (Å²) >= 11 is 0. The molecule has 1 unspecified atom stereocenters. The van der Waals surface area contributed by atoms with E-state index in [1.807, 2.05) is 0 Å². The van der Waals surface area contributed by atoms with Crippen LogP contribution in [0.5, 0.6) is 5.75 Å². The van der Waals surface area contributed by atoms with Crippen LogP contribution in [0.4, 0.5) is 0 Å². The van der Waals surface area contributed by atoms with Gasteiger partial charge in [-0.25, -0.2) is 0 Å². The third-order valence-electron chi connectivity index (χ3n) is 9.68. The lowest BCUT2D eigenvalue weighted by atomic mass is 9.69. The van der Waals surface area contributed by atoms with E-state index in [1.54, 1.807) is 24.3 Å². The van der Waals surface area contributed by atoms with Crippen molar-refractivity contribution >= 4 is 11.8 Å². The molecular formula is C39H51NO4. The van der Waals surface area contributed by atoms with E-state index in [1.165, 1.54) is 27.2 Å². The maximum atomic E-state index is 12.6. The zero-order chi connectivity index (χ0) is 32.1. The Morgan fingerprint density at radius 3 is 1.93 bits per heavy atom. The maximum Gasteiger partial charge on any atom is 0.261 e.